The van der Waals surface area contributed by atoms with Gasteiger partial charge in [-0.15, -0.1) is 0 Å². The fraction of sp³-hybridized carbons (Fsp3) is 0.231. The van der Waals surface area contributed by atoms with E-state index in [-0.39, 0.29) is 5.56 Å². The molecule has 0 spiro atoms. The number of hydrogen-bond acceptors (Lipinski definition) is 5. The molecule has 0 heterocycles. The first-order valence-electron chi connectivity index (χ1n) is 5.70. The van der Waals surface area contributed by atoms with Crippen LogP contribution in [0.25, 0.3) is 0 Å². The summed E-state index contributed by atoms with van der Waals surface area (Å²) in [5, 5.41) is 14.1. The minimum Gasteiger partial charge on any atom is -0.368 e. The van der Waals surface area contributed by atoms with Crippen molar-refractivity contribution in [2.75, 3.05) is 0 Å². The van der Waals surface area contributed by atoms with E-state index < -0.39 is 29.2 Å². The highest BCUT2D eigenvalue weighted by atomic mass is 16.3. The number of carbonyl (C=O) groups excluding carboxylic acids is 4. The molecule has 4 amide bonds. The summed E-state index contributed by atoms with van der Waals surface area (Å²) in [6.45, 7) is 2.12. The van der Waals surface area contributed by atoms with Crippen molar-refractivity contribution in [3.63, 3.8) is 0 Å². The van der Waals surface area contributed by atoms with Gasteiger partial charge in [0.15, 0.2) is 0 Å². The van der Waals surface area contributed by atoms with Crippen molar-refractivity contribution in [3.8, 4) is 0 Å². The first-order valence-corrected chi connectivity index (χ1v) is 5.70. The third-order valence-electron chi connectivity index (χ3n) is 2.43. The van der Waals surface area contributed by atoms with Gasteiger partial charge in [0.2, 0.25) is 17.4 Å². The molecular weight excluding hydrogens is 264 g/mol. The van der Waals surface area contributed by atoms with Crippen LogP contribution in [0.2, 0.25) is 0 Å². The van der Waals surface area contributed by atoms with Crippen LogP contribution in [0.3, 0.4) is 0 Å². The number of amides is 4. The summed E-state index contributed by atoms with van der Waals surface area (Å²) in [4.78, 5) is 45.8. The van der Waals surface area contributed by atoms with Crippen LogP contribution in [0.15, 0.2) is 30.3 Å². The van der Waals surface area contributed by atoms with Crippen molar-refractivity contribution in [1.82, 2.24) is 10.6 Å². The summed E-state index contributed by atoms with van der Waals surface area (Å²) in [5.41, 5.74) is -2.73. The molecule has 0 radical (unpaired) electrons. The number of nitrogens with one attached hydrogen (secondary N) is 2. The van der Waals surface area contributed by atoms with Gasteiger partial charge in [0.25, 0.3) is 11.8 Å². The Morgan fingerprint density at radius 1 is 0.900 bits per heavy atom. The molecule has 0 aliphatic carbocycles. The number of benzene rings is 1. The third-order valence-corrected chi connectivity index (χ3v) is 2.43. The van der Waals surface area contributed by atoms with E-state index in [1.807, 2.05) is 10.6 Å². The Hall–Kier alpha value is -2.54. The average molecular weight is 278 g/mol. The van der Waals surface area contributed by atoms with E-state index in [4.69, 9.17) is 0 Å². The zero-order valence-corrected chi connectivity index (χ0v) is 11.0. The van der Waals surface area contributed by atoms with Crippen molar-refractivity contribution in [2.45, 2.75) is 19.4 Å². The van der Waals surface area contributed by atoms with Crippen LogP contribution >= 0.6 is 0 Å². The number of imide groups is 2. The molecule has 0 unspecified atom stereocenters. The van der Waals surface area contributed by atoms with E-state index in [9.17, 15) is 24.3 Å². The van der Waals surface area contributed by atoms with Gasteiger partial charge >= 0.3 is 0 Å². The molecule has 0 saturated carbocycles. The smallest absolute Gasteiger partial charge is 0.273 e. The van der Waals surface area contributed by atoms with Crippen molar-refractivity contribution in [3.05, 3.63) is 35.9 Å². The van der Waals surface area contributed by atoms with E-state index in [0.717, 1.165) is 13.8 Å². The number of hydrogen-bond donors (Lipinski definition) is 3. The van der Waals surface area contributed by atoms with E-state index >= 15 is 0 Å². The Kier molecular flexibility index (Phi) is 4.71. The van der Waals surface area contributed by atoms with Crippen LogP contribution in [0, 0.1) is 0 Å². The lowest BCUT2D eigenvalue weighted by Gasteiger charge is -2.24. The van der Waals surface area contributed by atoms with E-state index in [2.05, 4.69) is 0 Å². The Morgan fingerprint density at radius 3 is 1.65 bits per heavy atom. The maximum absolute atomic E-state index is 11.9. The molecule has 20 heavy (non-hydrogen) atoms. The lowest BCUT2D eigenvalue weighted by Crippen LogP contribution is -2.56. The second-order valence-corrected chi connectivity index (χ2v) is 4.10. The summed E-state index contributed by atoms with van der Waals surface area (Å²) < 4.78 is 0. The highest BCUT2D eigenvalue weighted by Gasteiger charge is 2.46. The van der Waals surface area contributed by atoms with Crippen LogP contribution in [0.4, 0.5) is 0 Å². The number of aliphatic hydroxyl groups is 1. The first-order chi connectivity index (χ1) is 9.28. The van der Waals surface area contributed by atoms with Crippen LogP contribution in [-0.2, 0) is 24.8 Å². The molecule has 0 atom stereocenters. The molecule has 1 rings (SSSR count). The Morgan fingerprint density at radius 2 is 1.30 bits per heavy atom. The van der Waals surface area contributed by atoms with Gasteiger partial charge in [-0.3, -0.25) is 29.8 Å². The van der Waals surface area contributed by atoms with Crippen molar-refractivity contribution in [2.24, 2.45) is 0 Å². The molecule has 106 valence electrons. The van der Waals surface area contributed by atoms with E-state index in [1.54, 1.807) is 6.07 Å². The number of carbonyl (C=O) groups is 4. The Balaban J connectivity index is 3.26. The normalized spacial score (nSPS) is 10.6. The zero-order valence-electron chi connectivity index (χ0n) is 11.0. The molecule has 0 aliphatic heterocycles. The Labute approximate surface area is 115 Å². The molecular formula is C13H14N2O5. The molecule has 7 heteroatoms. The van der Waals surface area contributed by atoms with Gasteiger partial charge in [-0.25, -0.2) is 0 Å². The summed E-state index contributed by atoms with van der Waals surface area (Å²) in [5.74, 6) is -3.93. The summed E-state index contributed by atoms with van der Waals surface area (Å²) in [6.07, 6.45) is 0. The zero-order chi connectivity index (χ0) is 15.3. The molecule has 1 aromatic rings. The lowest BCUT2D eigenvalue weighted by molar-refractivity contribution is -0.156. The van der Waals surface area contributed by atoms with Gasteiger partial charge in [-0.05, 0) is 0 Å². The molecule has 0 bridgehead atoms. The highest BCUT2D eigenvalue weighted by Crippen LogP contribution is 2.21. The maximum atomic E-state index is 11.9. The molecule has 7 nitrogen and oxygen atoms in total. The second-order valence-electron chi connectivity index (χ2n) is 4.10. The van der Waals surface area contributed by atoms with Crippen LogP contribution in [0.5, 0.6) is 0 Å². The molecule has 0 aliphatic rings. The van der Waals surface area contributed by atoms with Crippen molar-refractivity contribution < 1.29 is 24.3 Å². The summed E-state index contributed by atoms with van der Waals surface area (Å²) in [6, 6.07) is 7.29. The topological polar surface area (TPSA) is 113 Å². The van der Waals surface area contributed by atoms with Crippen molar-refractivity contribution in [1.29, 1.82) is 0 Å². The highest BCUT2D eigenvalue weighted by molar-refractivity contribution is 6.15. The Bertz CT molecular complexity index is 525. The monoisotopic (exact) mass is 278 g/mol. The van der Waals surface area contributed by atoms with E-state index in [1.165, 1.54) is 24.3 Å². The van der Waals surface area contributed by atoms with Gasteiger partial charge < -0.3 is 5.11 Å². The van der Waals surface area contributed by atoms with Crippen LogP contribution < -0.4 is 10.6 Å². The molecule has 0 saturated heterocycles. The fourth-order valence-corrected chi connectivity index (χ4v) is 1.55. The first kappa shape index (κ1) is 15.5. The lowest BCUT2D eigenvalue weighted by atomic mass is 9.91. The van der Waals surface area contributed by atoms with Crippen molar-refractivity contribution >= 4 is 23.6 Å². The minimum atomic E-state index is -2.67. The van der Waals surface area contributed by atoms with Gasteiger partial charge in [0.1, 0.15) is 0 Å². The standard InChI is InChI=1S/C13H14N2O5/c1-8(16)14-11(18)13(20,12(19)15-9(2)17)10-6-4-3-5-7-10/h3-7,20H,1-2H3,(H,14,16,18)(H,15,17,19). The van der Waals surface area contributed by atoms with Gasteiger partial charge in [0.05, 0.1) is 0 Å². The van der Waals surface area contributed by atoms with Gasteiger partial charge in [-0.1, -0.05) is 30.3 Å². The largest absolute Gasteiger partial charge is 0.368 e. The second kappa shape index (κ2) is 6.07. The summed E-state index contributed by atoms with van der Waals surface area (Å²) in [7, 11) is 0. The molecule has 0 fully saturated rings. The summed E-state index contributed by atoms with van der Waals surface area (Å²) >= 11 is 0. The molecule has 3 N–H and O–H groups in total. The van der Waals surface area contributed by atoms with Crippen LogP contribution in [-0.4, -0.2) is 28.7 Å². The predicted molar refractivity (Wildman–Crippen MR) is 68.0 cm³/mol. The quantitative estimate of drug-likeness (QED) is 0.626. The van der Waals surface area contributed by atoms with E-state index in [0.29, 0.717) is 0 Å². The predicted octanol–water partition coefficient (Wildman–Crippen LogP) is -0.800. The van der Waals surface area contributed by atoms with Crippen LogP contribution in [0.1, 0.15) is 19.4 Å². The maximum Gasteiger partial charge on any atom is 0.273 e. The minimum absolute atomic E-state index is 0.0579. The number of rotatable bonds is 3. The molecule has 0 aromatic heterocycles. The van der Waals surface area contributed by atoms with Gasteiger partial charge in [-0.2, -0.15) is 0 Å². The fourth-order valence-electron chi connectivity index (χ4n) is 1.55. The average Bonchev–Trinajstić information content (AvgIpc) is 2.37. The van der Waals surface area contributed by atoms with Gasteiger partial charge in [0, 0.05) is 19.4 Å². The third kappa shape index (κ3) is 3.27. The SMILES string of the molecule is CC(=O)NC(=O)C(O)(C(=O)NC(C)=O)c1ccccc1. The molecule has 1 aromatic carbocycles.